The predicted octanol–water partition coefficient (Wildman–Crippen LogP) is 7.95. The van der Waals surface area contributed by atoms with Gasteiger partial charge in [-0.1, -0.05) is 62.0 Å². The molecule has 1 heterocycles. The number of aromatic nitrogens is 2. The number of nitrogens with one attached hydrogen (secondary N) is 1. The van der Waals surface area contributed by atoms with Gasteiger partial charge < -0.3 is 19.7 Å². The number of carbonyl (C=O) groups is 2. The second-order valence-corrected chi connectivity index (χ2v) is 11.7. The molecule has 220 valence electrons. The van der Waals surface area contributed by atoms with Crippen LogP contribution in [0.25, 0.3) is 11.3 Å². The Morgan fingerprint density at radius 2 is 1.83 bits per heavy atom. The predicted molar refractivity (Wildman–Crippen MR) is 162 cm³/mol. The molecule has 41 heavy (non-hydrogen) atoms. The van der Waals surface area contributed by atoms with Crippen molar-refractivity contribution in [2.45, 2.75) is 78.0 Å². The Morgan fingerprint density at radius 1 is 1.10 bits per heavy atom. The molecule has 0 saturated heterocycles. The minimum Gasteiger partial charge on any atom is -0.478 e. The Balaban J connectivity index is 1.58. The fourth-order valence-corrected chi connectivity index (χ4v) is 5.89. The van der Waals surface area contributed by atoms with Crippen molar-refractivity contribution in [2.24, 2.45) is 11.8 Å². The fourth-order valence-electron chi connectivity index (χ4n) is 5.38. The van der Waals surface area contributed by atoms with Crippen molar-refractivity contribution in [2.75, 3.05) is 6.61 Å². The minimum absolute atomic E-state index is 0.0203. The first kappa shape index (κ1) is 31.1. The molecule has 1 amide bonds. The molecule has 9 heteroatoms. The van der Waals surface area contributed by atoms with Gasteiger partial charge in [0.1, 0.15) is 11.9 Å². The Labute approximate surface area is 252 Å². The zero-order valence-corrected chi connectivity index (χ0v) is 25.3. The molecular weight excluding hydrogens is 561 g/mol. The van der Waals surface area contributed by atoms with Crippen LogP contribution in [0.1, 0.15) is 86.6 Å². The average Bonchev–Trinajstić information content (AvgIpc) is 3.39. The van der Waals surface area contributed by atoms with Crippen molar-refractivity contribution in [3.05, 3.63) is 75.7 Å². The van der Waals surface area contributed by atoms with Gasteiger partial charge >= 0.3 is 5.97 Å². The highest BCUT2D eigenvalue weighted by Crippen LogP contribution is 2.33. The van der Waals surface area contributed by atoms with E-state index in [2.05, 4.69) is 23.7 Å². The second kappa shape index (κ2) is 14.9. The Bertz CT molecular complexity index is 1320. The van der Waals surface area contributed by atoms with E-state index in [1.54, 1.807) is 36.4 Å². The average molecular weight is 601 g/mol. The van der Waals surface area contributed by atoms with Crippen LogP contribution < -0.4 is 5.32 Å². The number of carboxylic acid groups (broad SMARTS) is 1. The Hall–Kier alpha value is -2.87. The van der Waals surface area contributed by atoms with Crippen molar-refractivity contribution in [3.63, 3.8) is 0 Å². The van der Waals surface area contributed by atoms with Crippen LogP contribution in [0, 0.1) is 11.8 Å². The maximum atomic E-state index is 13.5. The molecule has 7 nitrogen and oxygen atoms in total. The molecule has 2 N–H and O–H groups in total. The van der Waals surface area contributed by atoms with Gasteiger partial charge in [0.05, 0.1) is 29.5 Å². The van der Waals surface area contributed by atoms with E-state index in [9.17, 15) is 14.7 Å². The lowest BCUT2D eigenvalue weighted by Gasteiger charge is -2.29. The van der Waals surface area contributed by atoms with Gasteiger partial charge in [0.15, 0.2) is 0 Å². The SMILES string of the molecule is CCCCn1cc(-c2ccc(Cl)cc2Cl)nc1[C@H](COCc1ccc(C(=O)O)cc1)NC(=O)C1CCC(CC)CC1. The van der Waals surface area contributed by atoms with Crippen LogP contribution in [0.15, 0.2) is 48.7 Å². The van der Waals surface area contributed by atoms with Crippen LogP contribution >= 0.6 is 23.2 Å². The lowest BCUT2D eigenvalue weighted by molar-refractivity contribution is -0.127. The number of carbonyl (C=O) groups excluding carboxylic acids is 1. The number of aromatic carboxylic acids is 1. The van der Waals surface area contributed by atoms with E-state index < -0.39 is 12.0 Å². The standard InChI is InChI=1S/C32H39Cl2N3O4/c1-3-5-16-37-18-28(26-15-14-25(33)17-27(26)34)35-30(37)29(36-31(38)23-10-6-21(4-2)7-11-23)20-41-19-22-8-12-24(13-9-22)32(39)40/h8-9,12-15,17-18,21,23,29H,3-7,10-11,16,19-20H2,1-2H3,(H,36,38)(H,39,40)/t21?,23?,29-/m0/s1. The van der Waals surface area contributed by atoms with Gasteiger partial charge in [0.2, 0.25) is 5.91 Å². The first-order chi connectivity index (χ1) is 19.8. The topological polar surface area (TPSA) is 93.5 Å². The van der Waals surface area contributed by atoms with Crippen LogP contribution in [0.4, 0.5) is 0 Å². The zero-order chi connectivity index (χ0) is 29.4. The smallest absolute Gasteiger partial charge is 0.335 e. The molecule has 1 aliphatic carbocycles. The van der Waals surface area contributed by atoms with Gasteiger partial charge in [0.25, 0.3) is 0 Å². The second-order valence-electron chi connectivity index (χ2n) is 10.9. The molecule has 0 spiro atoms. The first-order valence-corrected chi connectivity index (χ1v) is 15.3. The normalized spacial score (nSPS) is 17.8. The largest absolute Gasteiger partial charge is 0.478 e. The third-order valence-electron chi connectivity index (χ3n) is 7.94. The van der Waals surface area contributed by atoms with Crippen molar-refractivity contribution in [3.8, 4) is 11.3 Å². The van der Waals surface area contributed by atoms with E-state index in [0.29, 0.717) is 21.7 Å². The number of nitrogens with zero attached hydrogens (tertiary/aromatic N) is 2. The maximum Gasteiger partial charge on any atom is 0.335 e. The lowest BCUT2D eigenvalue weighted by atomic mass is 9.80. The number of imidazole rings is 1. The van der Waals surface area contributed by atoms with Crippen LogP contribution in [-0.2, 0) is 22.7 Å². The summed E-state index contributed by atoms with van der Waals surface area (Å²) in [6.45, 7) is 5.59. The summed E-state index contributed by atoms with van der Waals surface area (Å²) in [5.41, 5.74) is 2.56. The van der Waals surface area contributed by atoms with E-state index in [4.69, 9.17) is 32.9 Å². The number of ether oxygens (including phenoxy) is 1. The van der Waals surface area contributed by atoms with E-state index in [1.165, 1.54) is 0 Å². The molecule has 4 rings (SSSR count). The first-order valence-electron chi connectivity index (χ1n) is 14.5. The van der Waals surface area contributed by atoms with E-state index >= 15 is 0 Å². The molecule has 1 aliphatic rings. The molecule has 1 fully saturated rings. The van der Waals surface area contributed by atoms with Gasteiger partial charge in [-0.05, 0) is 73.9 Å². The Kier molecular flexibility index (Phi) is 11.3. The number of rotatable bonds is 13. The third kappa shape index (κ3) is 8.34. The molecular formula is C32H39Cl2N3O4. The molecule has 2 aromatic carbocycles. The summed E-state index contributed by atoms with van der Waals surface area (Å²) in [6, 6.07) is 11.5. The van der Waals surface area contributed by atoms with Crippen LogP contribution in [-0.4, -0.2) is 33.1 Å². The van der Waals surface area contributed by atoms with Gasteiger partial charge in [-0.2, -0.15) is 0 Å². The Morgan fingerprint density at radius 3 is 2.46 bits per heavy atom. The van der Waals surface area contributed by atoms with Crippen molar-refractivity contribution in [1.29, 1.82) is 0 Å². The minimum atomic E-state index is -0.969. The number of halogens is 2. The fraction of sp³-hybridized carbons (Fsp3) is 0.469. The van der Waals surface area contributed by atoms with Crippen LogP contribution in [0.3, 0.4) is 0 Å². The highest BCUT2D eigenvalue weighted by atomic mass is 35.5. The lowest BCUT2D eigenvalue weighted by Crippen LogP contribution is -2.38. The van der Waals surface area contributed by atoms with E-state index in [-0.39, 0.29) is 30.6 Å². The molecule has 0 bridgehead atoms. The van der Waals surface area contributed by atoms with E-state index in [0.717, 1.165) is 68.4 Å². The number of aryl methyl sites for hydroxylation is 1. The molecule has 3 aromatic rings. The number of amides is 1. The summed E-state index contributed by atoms with van der Waals surface area (Å²) in [5, 5.41) is 13.5. The van der Waals surface area contributed by atoms with Gasteiger partial charge in [0, 0.05) is 29.2 Å². The molecule has 0 radical (unpaired) electrons. The maximum absolute atomic E-state index is 13.5. The quantitative estimate of drug-likeness (QED) is 0.208. The third-order valence-corrected chi connectivity index (χ3v) is 8.49. The summed E-state index contributed by atoms with van der Waals surface area (Å²) >= 11 is 12.7. The number of hydrogen-bond donors (Lipinski definition) is 2. The highest BCUT2D eigenvalue weighted by molar-refractivity contribution is 6.36. The van der Waals surface area contributed by atoms with E-state index in [1.807, 2.05) is 12.3 Å². The number of hydrogen-bond acceptors (Lipinski definition) is 4. The molecule has 0 unspecified atom stereocenters. The summed E-state index contributed by atoms with van der Waals surface area (Å²) < 4.78 is 8.21. The highest BCUT2D eigenvalue weighted by Gasteiger charge is 2.29. The zero-order valence-electron chi connectivity index (χ0n) is 23.7. The van der Waals surface area contributed by atoms with Gasteiger partial charge in [-0.15, -0.1) is 0 Å². The molecule has 1 aromatic heterocycles. The van der Waals surface area contributed by atoms with Crippen LogP contribution in [0.5, 0.6) is 0 Å². The van der Waals surface area contributed by atoms with Crippen molar-refractivity contribution >= 4 is 35.1 Å². The van der Waals surface area contributed by atoms with Gasteiger partial charge in [-0.3, -0.25) is 4.79 Å². The number of unbranched alkanes of at least 4 members (excludes halogenated alkanes) is 1. The monoisotopic (exact) mass is 599 g/mol. The summed E-state index contributed by atoms with van der Waals surface area (Å²) in [5.74, 6) is 0.466. The van der Waals surface area contributed by atoms with Gasteiger partial charge in [-0.25, -0.2) is 9.78 Å². The molecule has 1 saturated carbocycles. The molecule has 1 atom stereocenters. The summed E-state index contributed by atoms with van der Waals surface area (Å²) in [6.07, 6.45) is 9.04. The number of carboxylic acids is 1. The summed E-state index contributed by atoms with van der Waals surface area (Å²) in [7, 11) is 0. The van der Waals surface area contributed by atoms with Crippen LogP contribution in [0.2, 0.25) is 10.0 Å². The summed E-state index contributed by atoms with van der Waals surface area (Å²) in [4.78, 5) is 29.7. The molecule has 0 aliphatic heterocycles. The number of benzene rings is 2. The van der Waals surface area contributed by atoms with Crippen molar-refractivity contribution in [1.82, 2.24) is 14.9 Å². The van der Waals surface area contributed by atoms with Crippen molar-refractivity contribution < 1.29 is 19.4 Å².